The molecule has 0 saturated carbocycles. The molecule has 0 amide bonds. The van der Waals surface area contributed by atoms with Gasteiger partial charge < -0.3 is 4.74 Å². The highest BCUT2D eigenvalue weighted by molar-refractivity contribution is 6.15. The van der Waals surface area contributed by atoms with Crippen molar-refractivity contribution in [3.8, 4) is 0 Å². The van der Waals surface area contributed by atoms with Gasteiger partial charge in [0.15, 0.2) is 23.8 Å². The molecule has 1 aliphatic heterocycles. The minimum absolute atomic E-state index is 0.0374. The summed E-state index contributed by atoms with van der Waals surface area (Å²) >= 11 is 0. The lowest BCUT2D eigenvalue weighted by Gasteiger charge is -1.99. The van der Waals surface area contributed by atoms with Crippen LogP contribution in [0.2, 0.25) is 0 Å². The van der Waals surface area contributed by atoms with Crippen molar-refractivity contribution in [3.05, 3.63) is 11.6 Å². The molecule has 0 aromatic carbocycles. The molecule has 1 fully saturated rings. The van der Waals surface area contributed by atoms with Gasteiger partial charge in [-0.3, -0.25) is 9.59 Å². The molecule has 0 radical (unpaired) electrons. The number of epoxide rings is 1. The number of hydrogen-bond donors (Lipinski definition) is 0. The summed E-state index contributed by atoms with van der Waals surface area (Å²) in [5, 5.41) is 0. The number of carbonyl (C=O) groups is 2. The van der Waals surface area contributed by atoms with Gasteiger partial charge in [0, 0.05) is 0 Å². The first-order valence-electron chi connectivity index (χ1n) is 3.12. The fourth-order valence-corrected chi connectivity index (χ4v) is 1.12. The second kappa shape index (κ2) is 1.55. The van der Waals surface area contributed by atoms with Gasteiger partial charge in [-0.1, -0.05) is 0 Å². The summed E-state index contributed by atoms with van der Waals surface area (Å²) < 4.78 is 4.82. The molecule has 0 N–H and O–H groups in total. The fraction of sp³-hybridized carbons (Fsp3) is 0.429. The Bertz CT molecular complexity index is 252. The van der Waals surface area contributed by atoms with E-state index in [1.807, 2.05) is 0 Å². The third-order valence-electron chi connectivity index (χ3n) is 1.78. The molecule has 1 aliphatic carbocycles. The van der Waals surface area contributed by atoms with Crippen LogP contribution in [0.5, 0.6) is 0 Å². The van der Waals surface area contributed by atoms with Crippen LogP contribution in [-0.2, 0) is 14.3 Å². The predicted octanol–water partition coefficient (Wildman–Crippen LogP) is -0.148. The molecule has 2 atom stereocenters. The predicted molar refractivity (Wildman–Crippen MR) is 32.4 cm³/mol. The highest BCUT2D eigenvalue weighted by Gasteiger charge is 2.52. The normalized spacial score (nSPS) is 37.1. The summed E-state index contributed by atoms with van der Waals surface area (Å²) in [6, 6.07) is 0. The maximum atomic E-state index is 11.0. The molecular formula is C7H6O3. The van der Waals surface area contributed by atoms with Crippen LogP contribution in [0.25, 0.3) is 0 Å². The van der Waals surface area contributed by atoms with E-state index >= 15 is 0 Å². The SMILES string of the molecule is CC1=CC(=O)[C@H]2O[C@H]2C1=O. The molecule has 0 spiro atoms. The minimum Gasteiger partial charge on any atom is -0.352 e. The monoisotopic (exact) mass is 138 g/mol. The Balaban J connectivity index is 2.39. The Morgan fingerprint density at radius 3 is 2.80 bits per heavy atom. The molecule has 2 aliphatic rings. The Kier molecular flexibility index (Phi) is 0.898. The van der Waals surface area contributed by atoms with Gasteiger partial charge >= 0.3 is 0 Å². The fourth-order valence-electron chi connectivity index (χ4n) is 1.12. The maximum Gasteiger partial charge on any atom is 0.190 e. The van der Waals surface area contributed by atoms with Gasteiger partial charge in [-0.15, -0.1) is 0 Å². The zero-order valence-electron chi connectivity index (χ0n) is 5.46. The van der Waals surface area contributed by atoms with Gasteiger partial charge in [0.1, 0.15) is 0 Å². The lowest BCUT2D eigenvalue weighted by atomic mass is 9.99. The van der Waals surface area contributed by atoms with Gasteiger partial charge in [-0.05, 0) is 18.6 Å². The van der Waals surface area contributed by atoms with E-state index in [4.69, 9.17) is 4.74 Å². The molecule has 0 unspecified atom stereocenters. The average Bonchev–Trinajstić information content (AvgIpc) is 2.61. The molecule has 3 nitrogen and oxygen atoms in total. The molecule has 52 valence electrons. The van der Waals surface area contributed by atoms with E-state index in [1.54, 1.807) is 6.92 Å². The molecule has 0 bridgehead atoms. The summed E-state index contributed by atoms with van der Waals surface area (Å²) in [6.07, 6.45) is 0.491. The zero-order chi connectivity index (χ0) is 7.30. The van der Waals surface area contributed by atoms with Gasteiger partial charge in [-0.25, -0.2) is 0 Å². The summed E-state index contributed by atoms with van der Waals surface area (Å²) in [4.78, 5) is 21.8. The lowest BCUT2D eigenvalue weighted by Crippen LogP contribution is -2.21. The quantitative estimate of drug-likeness (QED) is 0.437. The number of carbonyl (C=O) groups excluding carboxylic acids is 2. The van der Waals surface area contributed by atoms with E-state index in [0.29, 0.717) is 5.57 Å². The van der Waals surface area contributed by atoms with Crippen LogP contribution in [0.1, 0.15) is 6.92 Å². The molecule has 0 aromatic rings. The van der Waals surface area contributed by atoms with Gasteiger partial charge in [-0.2, -0.15) is 0 Å². The highest BCUT2D eigenvalue weighted by atomic mass is 16.6. The first-order valence-corrected chi connectivity index (χ1v) is 3.12. The summed E-state index contributed by atoms with van der Waals surface area (Å²) in [5.74, 6) is -0.105. The van der Waals surface area contributed by atoms with Crippen LogP contribution >= 0.6 is 0 Å². The van der Waals surface area contributed by atoms with Crippen LogP contribution in [-0.4, -0.2) is 23.8 Å². The van der Waals surface area contributed by atoms with Crippen molar-refractivity contribution >= 4 is 11.6 Å². The lowest BCUT2D eigenvalue weighted by molar-refractivity contribution is -0.119. The summed E-state index contributed by atoms with van der Waals surface area (Å²) in [6.45, 7) is 1.64. The molecule has 1 saturated heterocycles. The van der Waals surface area contributed by atoms with E-state index in [9.17, 15) is 9.59 Å². The van der Waals surface area contributed by atoms with Crippen molar-refractivity contribution < 1.29 is 14.3 Å². The number of fused-ring (bicyclic) bond motifs is 1. The molecule has 3 heteroatoms. The molecule has 1 heterocycles. The van der Waals surface area contributed by atoms with Crippen LogP contribution in [0, 0.1) is 0 Å². The first-order chi connectivity index (χ1) is 4.70. The molecular weight excluding hydrogens is 132 g/mol. The Labute approximate surface area is 57.7 Å². The van der Waals surface area contributed by atoms with Crippen LogP contribution in [0.3, 0.4) is 0 Å². The van der Waals surface area contributed by atoms with E-state index in [2.05, 4.69) is 0 Å². The second-order valence-electron chi connectivity index (χ2n) is 2.57. The van der Waals surface area contributed by atoms with Gasteiger partial charge in [0.2, 0.25) is 0 Å². The van der Waals surface area contributed by atoms with Crippen molar-refractivity contribution in [2.24, 2.45) is 0 Å². The molecule has 2 rings (SSSR count). The number of hydrogen-bond acceptors (Lipinski definition) is 3. The largest absolute Gasteiger partial charge is 0.352 e. The van der Waals surface area contributed by atoms with Crippen molar-refractivity contribution in [2.45, 2.75) is 19.1 Å². The van der Waals surface area contributed by atoms with Crippen LogP contribution in [0.4, 0.5) is 0 Å². The van der Waals surface area contributed by atoms with E-state index in [0.717, 1.165) is 0 Å². The maximum absolute atomic E-state index is 11.0. The third kappa shape index (κ3) is 0.580. The topological polar surface area (TPSA) is 46.7 Å². The van der Waals surface area contributed by atoms with Crippen molar-refractivity contribution in [2.75, 3.05) is 0 Å². The number of rotatable bonds is 0. The Morgan fingerprint density at radius 1 is 1.40 bits per heavy atom. The number of ether oxygens (including phenoxy) is 1. The highest BCUT2D eigenvalue weighted by Crippen LogP contribution is 2.30. The van der Waals surface area contributed by atoms with Crippen LogP contribution in [0.15, 0.2) is 11.6 Å². The van der Waals surface area contributed by atoms with Gasteiger partial charge in [0.25, 0.3) is 0 Å². The number of Topliss-reactive ketones (excluding diaryl/α,β-unsaturated/α-hetero) is 1. The third-order valence-corrected chi connectivity index (χ3v) is 1.78. The molecule has 10 heavy (non-hydrogen) atoms. The van der Waals surface area contributed by atoms with Crippen molar-refractivity contribution in [1.29, 1.82) is 0 Å². The standard InChI is InChI=1S/C7H6O3/c1-3-2-4(8)6-7(10-6)5(3)9/h2,6-7H,1H3/t6-,7+/m1/s1. The summed E-state index contributed by atoms with van der Waals surface area (Å²) in [7, 11) is 0. The van der Waals surface area contributed by atoms with E-state index in [-0.39, 0.29) is 11.6 Å². The van der Waals surface area contributed by atoms with E-state index in [1.165, 1.54) is 6.08 Å². The molecule has 0 aromatic heterocycles. The van der Waals surface area contributed by atoms with Crippen molar-refractivity contribution in [1.82, 2.24) is 0 Å². The summed E-state index contributed by atoms with van der Waals surface area (Å²) in [5.41, 5.74) is 0.517. The number of ketones is 2. The Morgan fingerprint density at radius 2 is 2.10 bits per heavy atom. The first kappa shape index (κ1) is 5.80. The average molecular weight is 138 g/mol. The van der Waals surface area contributed by atoms with E-state index < -0.39 is 12.2 Å². The zero-order valence-corrected chi connectivity index (χ0v) is 5.46. The minimum atomic E-state index is -0.434. The second-order valence-corrected chi connectivity index (χ2v) is 2.57. The van der Waals surface area contributed by atoms with Crippen LogP contribution < -0.4 is 0 Å². The Hall–Kier alpha value is -0.960. The smallest absolute Gasteiger partial charge is 0.190 e. The van der Waals surface area contributed by atoms with Gasteiger partial charge in [0.05, 0.1) is 0 Å². The van der Waals surface area contributed by atoms with Crippen molar-refractivity contribution in [3.63, 3.8) is 0 Å².